The van der Waals surface area contributed by atoms with Crippen molar-refractivity contribution in [3.8, 4) is 0 Å². The van der Waals surface area contributed by atoms with Crippen LogP contribution < -0.4 is 0 Å². The Labute approximate surface area is 129 Å². The van der Waals surface area contributed by atoms with Crippen molar-refractivity contribution in [1.29, 1.82) is 0 Å². The number of carbonyl (C=O) groups excluding carboxylic acids is 1. The summed E-state index contributed by atoms with van der Waals surface area (Å²) in [6, 6.07) is 7.95. The average Bonchev–Trinajstić information content (AvgIpc) is 2.41. The average molecular weight is 340 g/mol. The minimum atomic E-state index is 0.218. The molecule has 0 radical (unpaired) electrons. The number of nitrogens with zero attached hydrogens (tertiary/aromatic N) is 1. The molecule has 1 aliphatic rings. The molecule has 1 aromatic rings. The number of hydrogen-bond acceptors (Lipinski definition) is 2. The third kappa shape index (κ3) is 4.60. The second-order valence-corrected chi connectivity index (χ2v) is 6.48. The predicted molar refractivity (Wildman–Crippen MR) is 83.7 cm³/mol. The number of amides is 1. The molecule has 3 nitrogen and oxygen atoms in total. The molecule has 1 aromatic carbocycles. The second kappa shape index (κ2) is 7.23. The molecule has 1 heterocycles. The van der Waals surface area contributed by atoms with E-state index in [1.807, 2.05) is 29.2 Å². The Kier molecular flexibility index (Phi) is 5.61. The van der Waals surface area contributed by atoms with Crippen LogP contribution in [0, 0.1) is 0 Å². The number of ether oxygens (including phenoxy) is 1. The summed E-state index contributed by atoms with van der Waals surface area (Å²) in [5.41, 5.74) is 1.07. The van der Waals surface area contributed by atoms with Gasteiger partial charge >= 0.3 is 0 Å². The van der Waals surface area contributed by atoms with Crippen LogP contribution >= 0.6 is 15.9 Å². The highest BCUT2D eigenvalue weighted by atomic mass is 79.9. The first-order chi connectivity index (χ1) is 9.54. The van der Waals surface area contributed by atoms with Crippen LogP contribution in [-0.4, -0.2) is 36.1 Å². The molecule has 0 aromatic heterocycles. The zero-order valence-corrected chi connectivity index (χ0v) is 13.7. The minimum absolute atomic E-state index is 0.218. The topological polar surface area (TPSA) is 29.5 Å². The van der Waals surface area contributed by atoms with E-state index in [9.17, 15) is 4.79 Å². The summed E-state index contributed by atoms with van der Waals surface area (Å²) in [6.07, 6.45) is 2.97. The van der Waals surface area contributed by atoms with Gasteiger partial charge in [0, 0.05) is 17.6 Å². The van der Waals surface area contributed by atoms with Crippen LogP contribution in [0.3, 0.4) is 0 Å². The first kappa shape index (κ1) is 15.5. The summed E-state index contributed by atoms with van der Waals surface area (Å²) >= 11 is 3.41. The Bertz CT molecular complexity index is 436. The molecule has 4 heteroatoms. The molecule has 0 spiro atoms. The number of piperidine rings is 1. The van der Waals surface area contributed by atoms with Gasteiger partial charge in [-0.1, -0.05) is 28.1 Å². The van der Waals surface area contributed by atoms with Gasteiger partial charge in [0.15, 0.2) is 0 Å². The van der Waals surface area contributed by atoms with E-state index in [0.29, 0.717) is 12.5 Å². The van der Waals surface area contributed by atoms with Gasteiger partial charge in [0.2, 0.25) is 5.91 Å². The molecule has 1 aliphatic heterocycles. The summed E-state index contributed by atoms with van der Waals surface area (Å²) in [5.74, 6) is 0.218. The van der Waals surface area contributed by atoms with Gasteiger partial charge in [0.25, 0.3) is 0 Å². The van der Waals surface area contributed by atoms with E-state index < -0.39 is 0 Å². The molecule has 1 fully saturated rings. The van der Waals surface area contributed by atoms with Crippen LogP contribution in [0.4, 0.5) is 0 Å². The first-order valence-corrected chi connectivity index (χ1v) is 8.01. The van der Waals surface area contributed by atoms with E-state index in [-0.39, 0.29) is 12.0 Å². The van der Waals surface area contributed by atoms with Gasteiger partial charge in [0.1, 0.15) is 0 Å². The lowest BCUT2D eigenvalue weighted by atomic mass is 10.1. The smallest absolute Gasteiger partial charge is 0.226 e. The molecule has 1 amide bonds. The lowest BCUT2D eigenvalue weighted by molar-refractivity contribution is -0.133. The van der Waals surface area contributed by atoms with Gasteiger partial charge in [-0.05, 0) is 44.4 Å². The van der Waals surface area contributed by atoms with Gasteiger partial charge in [-0.25, -0.2) is 0 Å². The third-order valence-corrected chi connectivity index (χ3v) is 4.06. The lowest BCUT2D eigenvalue weighted by Crippen LogP contribution is -2.42. The molecule has 0 saturated carbocycles. The Morgan fingerprint density at radius 2 is 1.90 bits per heavy atom. The van der Waals surface area contributed by atoms with Crippen molar-refractivity contribution in [2.75, 3.05) is 13.1 Å². The quantitative estimate of drug-likeness (QED) is 0.841. The van der Waals surface area contributed by atoms with Crippen molar-refractivity contribution < 1.29 is 9.53 Å². The molecule has 20 heavy (non-hydrogen) atoms. The molecular weight excluding hydrogens is 318 g/mol. The van der Waals surface area contributed by atoms with E-state index in [1.165, 1.54) is 0 Å². The normalized spacial score (nSPS) is 16.7. The first-order valence-electron chi connectivity index (χ1n) is 7.22. The molecule has 0 aliphatic carbocycles. The van der Waals surface area contributed by atoms with Crippen LogP contribution in [0.2, 0.25) is 0 Å². The molecule has 110 valence electrons. The maximum atomic E-state index is 12.3. The fourth-order valence-electron chi connectivity index (χ4n) is 2.51. The maximum Gasteiger partial charge on any atom is 0.226 e. The molecule has 1 saturated heterocycles. The van der Waals surface area contributed by atoms with Gasteiger partial charge in [-0.2, -0.15) is 0 Å². The zero-order chi connectivity index (χ0) is 14.5. The maximum absolute atomic E-state index is 12.3. The van der Waals surface area contributed by atoms with E-state index in [4.69, 9.17) is 4.74 Å². The Hall–Kier alpha value is -0.870. The van der Waals surface area contributed by atoms with Crippen molar-refractivity contribution in [3.05, 3.63) is 34.3 Å². The fourth-order valence-corrected chi connectivity index (χ4v) is 2.78. The predicted octanol–water partition coefficient (Wildman–Crippen LogP) is 3.41. The van der Waals surface area contributed by atoms with E-state index in [1.54, 1.807) is 0 Å². The van der Waals surface area contributed by atoms with E-state index >= 15 is 0 Å². The minimum Gasteiger partial charge on any atom is -0.375 e. The molecule has 0 bridgehead atoms. The summed E-state index contributed by atoms with van der Waals surface area (Å²) in [6.45, 7) is 5.75. The van der Waals surface area contributed by atoms with Crippen molar-refractivity contribution in [2.45, 2.75) is 45.3 Å². The largest absolute Gasteiger partial charge is 0.375 e. The van der Waals surface area contributed by atoms with Gasteiger partial charge in [0.05, 0.1) is 18.6 Å². The van der Waals surface area contributed by atoms with E-state index in [0.717, 1.165) is 36.0 Å². The number of hydrogen-bond donors (Lipinski definition) is 0. The van der Waals surface area contributed by atoms with Crippen LogP contribution in [0.25, 0.3) is 0 Å². The summed E-state index contributed by atoms with van der Waals surface area (Å²) in [4.78, 5) is 14.2. The highest BCUT2D eigenvalue weighted by Crippen LogP contribution is 2.17. The standard InChI is InChI=1S/C16H22BrNO2/c1-12(2)20-15-7-9-18(10-8-15)16(19)11-13-3-5-14(17)6-4-13/h3-6,12,15H,7-11H2,1-2H3. The van der Waals surface area contributed by atoms with Crippen molar-refractivity contribution in [1.82, 2.24) is 4.90 Å². The molecular formula is C16H22BrNO2. The Morgan fingerprint density at radius 3 is 2.45 bits per heavy atom. The number of carbonyl (C=O) groups is 1. The molecule has 0 unspecified atom stereocenters. The Balaban J connectivity index is 1.81. The number of benzene rings is 1. The number of halogens is 1. The van der Waals surface area contributed by atoms with Crippen molar-refractivity contribution in [2.24, 2.45) is 0 Å². The van der Waals surface area contributed by atoms with Crippen LogP contribution in [0.5, 0.6) is 0 Å². The van der Waals surface area contributed by atoms with E-state index in [2.05, 4.69) is 29.8 Å². The second-order valence-electron chi connectivity index (χ2n) is 5.57. The summed E-state index contributed by atoms with van der Waals surface area (Å²) in [5, 5.41) is 0. The van der Waals surface area contributed by atoms with Crippen LogP contribution in [0.1, 0.15) is 32.3 Å². The zero-order valence-electron chi connectivity index (χ0n) is 12.1. The van der Waals surface area contributed by atoms with Crippen LogP contribution in [0.15, 0.2) is 28.7 Å². The fraction of sp³-hybridized carbons (Fsp3) is 0.562. The molecule has 0 N–H and O–H groups in total. The van der Waals surface area contributed by atoms with Gasteiger partial charge < -0.3 is 9.64 Å². The van der Waals surface area contributed by atoms with Gasteiger partial charge in [-0.15, -0.1) is 0 Å². The third-order valence-electron chi connectivity index (χ3n) is 3.53. The monoisotopic (exact) mass is 339 g/mol. The van der Waals surface area contributed by atoms with Crippen molar-refractivity contribution in [3.63, 3.8) is 0 Å². The summed E-state index contributed by atoms with van der Waals surface area (Å²) in [7, 11) is 0. The lowest BCUT2D eigenvalue weighted by Gasteiger charge is -2.33. The highest BCUT2D eigenvalue weighted by molar-refractivity contribution is 9.10. The number of likely N-dealkylation sites (tertiary alicyclic amines) is 1. The summed E-state index contributed by atoms with van der Waals surface area (Å²) < 4.78 is 6.85. The Morgan fingerprint density at radius 1 is 1.30 bits per heavy atom. The van der Waals surface area contributed by atoms with Gasteiger partial charge in [-0.3, -0.25) is 4.79 Å². The molecule has 0 atom stereocenters. The van der Waals surface area contributed by atoms with Crippen molar-refractivity contribution >= 4 is 21.8 Å². The SMILES string of the molecule is CC(C)OC1CCN(C(=O)Cc2ccc(Br)cc2)CC1. The highest BCUT2D eigenvalue weighted by Gasteiger charge is 2.23. The molecule has 2 rings (SSSR count). The number of rotatable bonds is 4. The van der Waals surface area contributed by atoms with Crippen LogP contribution in [-0.2, 0) is 16.0 Å².